The lowest BCUT2D eigenvalue weighted by molar-refractivity contribution is -0.167. The molecule has 0 saturated heterocycles. The highest BCUT2D eigenvalue weighted by molar-refractivity contribution is 5.71. The second kappa shape index (κ2) is 59.2. The van der Waals surface area contributed by atoms with E-state index >= 15 is 0 Å². The molecule has 6 heteroatoms. The van der Waals surface area contributed by atoms with Gasteiger partial charge in [-0.2, -0.15) is 0 Å². The van der Waals surface area contributed by atoms with Crippen LogP contribution in [0.5, 0.6) is 0 Å². The second-order valence-corrected chi connectivity index (χ2v) is 21.0. The van der Waals surface area contributed by atoms with Gasteiger partial charge < -0.3 is 14.2 Å². The Labute approximate surface area is 435 Å². The predicted molar refractivity (Wildman–Crippen MR) is 302 cm³/mol. The van der Waals surface area contributed by atoms with Crippen molar-refractivity contribution in [3.8, 4) is 0 Å². The largest absolute Gasteiger partial charge is 0.462 e. The summed E-state index contributed by atoms with van der Waals surface area (Å²) in [5.74, 6) is -0.865. The maximum Gasteiger partial charge on any atom is 0.306 e. The van der Waals surface area contributed by atoms with E-state index in [1.165, 1.54) is 218 Å². The third-order valence-electron chi connectivity index (χ3n) is 13.9. The molecule has 6 nitrogen and oxygen atoms in total. The van der Waals surface area contributed by atoms with E-state index in [1.807, 2.05) is 0 Å². The number of ether oxygens (including phenoxy) is 3. The highest BCUT2D eigenvalue weighted by Crippen LogP contribution is 2.17. The summed E-state index contributed by atoms with van der Waals surface area (Å²) in [7, 11) is 0. The average molecular weight is 984 g/mol. The topological polar surface area (TPSA) is 78.9 Å². The lowest BCUT2D eigenvalue weighted by Gasteiger charge is -2.18. The van der Waals surface area contributed by atoms with Crippen LogP contribution in [0.2, 0.25) is 0 Å². The summed E-state index contributed by atoms with van der Waals surface area (Å²) in [6.07, 6.45) is 71.5. The minimum Gasteiger partial charge on any atom is -0.462 e. The van der Waals surface area contributed by atoms with Crippen molar-refractivity contribution in [2.75, 3.05) is 13.2 Å². The van der Waals surface area contributed by atoms with E-state index in [4.69, 9.17) is 14.2 Å². The molecular formula is C64H118O6. The number of hydrogen-bond donors (Lipinski definition) is 0. The Bertz CT molecular complexity index is 1170. The minimum absolute atomic E-state index is 0.0717. The molecule has 0 aliphatic rings. The number of hydrogen-bond acceptors (Lipinski definition) is 6. The smallest absolute Gasteiger partial charge is 0.306 e. The van der Waals surface area contributed by atoms with E-state index in [1.54, 1.807) is 0 Å². The fraction of sp³-hybridized carbons (Fsp3) is 0.859. The van der Waals surface area contributed by atoms with E-state index in [0.717, 1.165) is 77.0 Å². The van der Waals surface area contributed by atoms with Gasteiger partial charge in [0.25, 0.3) is 0 Å². The standard InChI is InChI=1S/C64H118O6/c1-4-7-10-13-16-19-22-24-26-28-30-32-34-36-38-40-42-45-48-51-54-57-63(66)69-60-61(59-68-62(65)56-53-50-47-44-21-18-15-12-9-6-3)70-64(67)58-55-52-49-46-43-41-39-37-35-33-31-29-27-25-23-20-17-14-11-8-5-2/h22,24,28,30,34,36,61H,4-21,23,25-27,29,31-33,35,37-60H2,1-3H3/b24-22-,30-28-,36-34-. The number of carbonyl (C=O) groups is 3. The molecule has 0 N–H and O–H groups in total. The van der Waals surface area contributed by atoms with Gasteiger partial charge in [-0.05, 0) is 57.8 Å². The second-order valence-electron chi connectivity index (χ2n) is 21.0. The Morgan fingerprint density at radius 1 is 0.286 bits per heavy atom. The van der Waals surface area contributed by atoms with Gasteiger partial charge in [0, 0.05) is 19.3 Å². The molecule has 0 spiro atoms. The zero-order valence-corrected chi connectivity index (χ0v) is 47.1. The first-order chi connectivity index (χ1) is 34.5. The molecule has 0 aromatic heterocycles. The summed E-state index contributed by atoms with van der Waals surface area (Å²) in [6.45, 7) is 6.66. The van der Waals surface area contributed by atoms with E-state index in [9.17, 15) is 14.4 Å². The van der Waals surface area contributed by atoms with Crippen molar-refractivity contribution in [1.29, 1.82) is 0 Å². The average Bonchev–Trinajstić information content (AvgIpc) is 3.36. The van der Waals surface area contributed by atoms with Gasteiger partial charge in [0.2, 0.25) is 0 Å². The van der Waals surface area contributed by atoms with Gasteiger partial charge in [0.1, 0.15) is 13.2 Å². The maximum absolute atomic E-state index is 12.9. The van der Waals surface area contributed by atoms with Crippen LogP contribution in [0.1, 0.15) is 335 Å². The molecule has 1 unspecified atom stereocenters. The molecule has 0 rings (SSSR count). The van der Waals surface area contributed by atoms with Crippen molar-refractivity contribution < 1.29 is 28.6 Å². The number of unbranched alkanes of at least 4 members (excludes halogenated alkanes) is 40. The van der Waals surface area contributed by atoms with Crippen molar-refractivity contribution >= 4 is 17.9 Å². The molecular weight excluding hydrogens is 865 g/mol. The summed E-state index contributed by atoms with van der Waals surface area (Å²) in [4.78, 5) is 38.2. The number of allylic oxidation sites excluding steroid dienone is 6. The SMILES string of the molecule is CCCCCCC/C=C\C/C=C\C/C=C\CCCCCCCCC(=O)OCC(COC(=O)CCCCCCCCCCCC)OC(=O)CCCCCCCCCCCCCCCCCCCCCCC. The highest BCUT2D eigenvalue weighted by Gasteiger charge is 2.19. The molecule has 70 heavy (non-hydrogen) atoms. The highest BCUT2D eigenvalue weighted by atomic mass is 16.6. The zero-order chi connectivity index (χ0) is 50.7. The Morgan fingerprint density at radius 2 is 0.514 bits per heavy atom. The molecule has 0 aliphatic carbocycles. The van der Waals surface area contributed by atoms with Gasteiger partial charge in [0.05, 0.1) is 0 Å². The molecule has 0 amide bonds. The molecule has 0 aromatic carbocycles. The minimum atomic E-state index is -0.773. The fourth-order valence-corrected chi connectivity index (χ4v) is 9.22. The Hall–Kier alpha value is -2.37. The molecule has 0 bridgehead atoms. The maximum atomic E-state index is 12.9. The normalized spacial score (nSPS) is 12.2. The third-order valence-corrected chi connectivity index (χ3v) is 13.9. The number of rotatable bonds is 57. The van der Waals surface area contributed by atoms with Gasteiger partial charge in [-0.25, -0.2) is 0 Å². The van der Waals surface area contributed by atoms with Crippen LogP contribution in [-0.4, -0.2) is 37.2 Å². The molecule has 0 radical (unpaired) electrons. The summed E-state index contributed by atoms with van der Waals surface area (Å²) in [5, 5.41) is 0. The summed E-state index contributed by atoms with van der Waals surface area (Å²) in [6, 6.07) is 0. The van der Waals surface area contributed by atoms with E-state index in [0.29, 0.717) is 19.3 Å². The molecule has 0 heterocycles. The quantitative estimate of drug-likeness (QED) is 0.0261. The van der Waals surface area contributed by atoms with Gasteiger partial charge >= 0.3 is 17.9 Å². The van der Waals surface area contributed by atoms with Crippen LogP contribution in [0.3, 0.4) is 0 Å². The van der Waals surface area contributed by atoms with Crippen molar-refractivity contribution in [2.24, 2.45) is 0 Å². The van der Waals surface area contributed by atoms with Crippen molar-refractivity contribution in [3.05, 3.63) is 36.5 Å². The summed E-state index contributed by atoms with van der Waals surface area (Å²) in [5.41, 5.74) is 0. The zero-order valence-electron chi connectivity index (χ0n) is 47.1. The molecule has 0 fully saturated rings. The van der Waals surface area contributed by atoms with Crippen LogP contribution in [0.4, 0.5) is 0 Å². The predicted octanol–water partition coefficient (Wildman–Crippen LogP) is 20.8. The van der Waals surface area contributed by atoms with Crippen LogP contribution < -0.4 is 0 Å². The Balaban J connectivity index is 4.26. The summed E-state index contributed by atoms with van der Waals surface area (Å²) < 4.78 is 16.9. The van der Waals surface area contributed by atoms with E-state index < -0.39 is 6.10 Å². The lowest BCUT2D eigenvalue weighted by atomic mass is 10.0. The first-order valence-electron chi connectivity index (χ1n) is 31.0. The van der Waals surface area contributed by atoms with Crippen molar-refractivity contribution in [1.82, 2.24) is 0 Å². The van der Waals surface area contributed by atoms with Gasteiger partial charge in [0.15, 0.2) is 6.10 Å². The van der Waals surface area contributed by atoms with E-state index in [-0.39, 0.29) is 31.1 Å². The summed E-state index contributed by atoms with van der Waals surface area (Å²) >= 11 is 0. The Morgan fingerprint density at radius 3 is 0.800 bits per heavy atom. The van der Waals surface area contributed by atoms with E-state index in [2.05, 4.69) is 57.2 Å². The van der Waals surface area contributed by atoms with Crippen molar-refractivity contribution in [3.63, 3.8) is 0 Å². The first-order valence-corrected chi connectivity index (χ1v) is 31.0. The van der Waals surface area contributed by atoms with Crippen LogP contribution in [0.25, 0.3) is 0 Å². The molecule has 0 saturated carbocycles. The number of esters is 3. The van der Waals surface area contributed by atoms with Gasteiger partial charge in [-0.3, -0.25) is 14.4 Å². The first kappa shape index (κ1) is 67.6. The fourth-order valence-electron chi connectivity index (χ4n) is 9.22. The van der Waals surface area contributed by atoms with Crippen LogP contribution >= 0.6 is 0 Å². The van der Waals surface area contributed by atoms with Gasteiger partial charge in [-0.1, -0.05) is 295 Å². The monoisotopic (exact) mass is 983 g/mol. The number of carbonyl (C=O) groups excluding carboxylic acids is 3. The van der Waals surface area contributed by atoms with Crippen molar-refractivity contribution in [2.45, 2.75) is 341 Å². The molecule has 0 aliphatic heterocycles. The lowest BCUT2D eigenvalue weighted by Crippen LogP contribution is -2.30. The van der Waals surface area contributed by atoms with Crippen LogP contribution in [-0.2, 0) is 28.6 Å². The van der Waals surface area contributed by atoms with Crippen LogP contribution in [0.15, 0.2) is 36.5 Å². The third kappa shape index (κ3) is 56.5. The Kier molecular flexibility index (Phi) is 57.2. The molecule has 0 aromatic rings. The van der Waals surface area contributed by atoms with Gasteiger partial charge in [-0.15, -0.1) is 0 Å². The van der Waals surface area contributed by atoms with Crippen LogP contribution in [0, 0.1) is 0 Å². The molecule has 1 atom stereocenters. The molecule has 410 valence electrons.